The van der Waals surface area contributed by atoms with Gasteiger partial charge in [-0.15, -0.1) is 0 Å². The molecule has 2 heterocycles. The van der Waals surface area contributed by atoms with Gasteiger partial charge in [-0.2, -0.15) is 0 Å². The molecule has 0 saturated carbocycles. The number of hydrogen-bond acceptors (Lipinski definition) is 4. The van der Waals surface area contributed by atoms with E-state index in [0.29, 0.717) is 37.3 Å². The molecule has 0 fully saturated rings. The lowest BCUT2D eigenvalue weighted by molar-refractivity contribution is 0.543. The van der Waals surface area contributed by atoms with Crippen molar-refractivity contribution in [3.05, 3.63) is 26.7 Å². The molecule has 2 N–H and O–H groups in total. The molecule has 0 aliphatic carbocycles. The Kier molecular flexibility index (Phi) is 4.62. The number of unbranched alkanes of at least 4 members (excludes halogenated alkanes) is 1. The van der Waals surface area contributed by atoms with Crippen molar-refractivity contribution in [3.8, 4) is 0 Å². The minimum atomic E-state index is -0.284. The summed E-state index contributed by atoms with van der Waals surface area (Å²) >= 11 is 0. The Morgan fingerprint density at radius 1 is 1.05 bits per heavy atom. The molecule has 0 spiro atoms. The molecule has 7 heteroatoms. The second-order valence-corrected chi connectivity index (χ2v) is 5.05. The van der Waals surface area contributed by atoms with Gasteiger partial charge < -0.3 is 10.3 Å². The maximum Gasteiger partial charge on any atom is 0.332 e. The van der Waals surface area contributed by atoms with Crippen molar-refractivity contribution in [2.75, 3.05) is 6.54 Å². The average molecular weight is 293 g/mol. The zero-order valence-corrected chi connectivity index (χ0v) is 12.9. The van der Waals surface area contributed by atoms with Crippen molar-refractivity contribution in [1.82, 2.24) is 18.7 Å². The van der Waals surface area contributed by atoms with Crippen LogP contribution in [0, 0.1) is 6.92 Å². The number of nitrogens with zero attached hydrogens (tertiary/aromatic N) is 4. The Morgan fingerprint density at radius 3 is 2.29 bits per heavy atom. The number of imidazole rings is 1. The predicted octanol–water partition coefficient (Wildman–Crippen LogP) is 0.447. The minimum Gasteiger partial charge on any atom is -0.330 e. The minimum absolute atomic E-state index is 0.251. The molecule has 0 aromatic carbocycles. The van der Waals surface area contributed by atoms with E-state index < -0.39 is 0 Å². The van der Waals surface area contributed by atoms with Gasteiger partial charge in [0.2, 0.25) is 0 Å². The van der Waals surface area contributed by atoms with Crippen LogP contribution < -0.4 is 17.0 Å². The zero-order valence-electron chi connectivity index (χ0n) is 12.9. The Morgan fingerprint density at radius 2 is 1.71 bits per heavy atom. The molecule has 0 unspecified atom stereocenters. The van der Waals surface area contributed by atoms with Gasteiger partial charge in [0.05, 0.1) is 0 Å². The van der Waals surface area contributed by atoms with Crippen LogP contribution in [0.3, 0.4) is 0 Å². The Balaban J connectivity index is 2.75. The average Bonchev–Trinajstić information content (AvgIpc) is 2.79. The van der Waals surface area contributed by atoms with Gasteiger partial charge in [-0.3, -0.25) is 13.9 Å². The fraction of sp³-hybridized carbons (Fsp3) is 0.643. The maximum atomic E-state index is 12.7. The van der Waals surface area contributed by atoms with E-state index in [-0.39, 0.29) is 11.2 Å². The molecule has 0 radical (unpaired) electrons. The van der Waals surface area contributed by atoms with Crippen LogP contribution in [0.25, 0.3) is 11.2 Å². The van der Waals surface area contributed by atoms with Crippen LogP contribution >= 0.6 is 0 Å². The summed E-state index contributed by atoms with van der Waals surface area (Å²) in [7, 11) is 0. The maximum absolute atomic E-state index is 12.7. The van der Waals surface area contributed by atoms with E-state index in [2.05, 4.69) is 4.98 Å². The third kappa shape index (κ3) is 2.53. The smallest absolute Gasteiger partial charge is 0.330 e. The van der Waals surface area contributed by atoms with Crippen LogP contribution in [-0.4, -0.2) is 25.2 Å². The number of fused-ring (bicyclic) bond motifs is 1. The molecule has 0 bridgehead atoms. The molecule has 0 aliphatic heterocycles. The topological polar surface area (TPSA) is 87.8 Å². The summed E-state index contributed by atoms with van der Waals surface area (Å²) < 4.78 is 4.75. The molecule has 2 aromatic rings. The number of nitrogens with two attached hydrogens (primary N) is 1. The third-order valence-corrected chi connectivity index (χ3v) is 3.77. The van der Waals surface area contributed by atoms with E-state index in [4.69, 9.17) is 5.73 Å². The van der Waals surface area contributed by atoms with Crippen LogP contribution in [0.5, 0.6) is 0 Å². The highest BCUT2D eigenvalue weighted by Crippen LogP contribution is 2.10. The summed E-state index contributed by atoms with van der Waals surface area (Å²) in [5, 5.41) is 0. The van der Waals surface area contributed by atoms with Crippen molar-refractivity contribution in [3.63, 3.8) is 0 Å². The Labute approximate surface area is 123 Å². The first-order valence-corrected chi connectivity index (χ1v) is 7.47. The summed E-state index contributed by atoms with van der Waals surface area (Å²) in [6.45, 7) is 7.81. The number of aryl methyl sites for hydroxylation is 3. The van der Waals surface area contributed by atoms with Crippen LogP contribution in [0.4, 0.5) is 0 Å². The van der Waals surface area contributed by atoms with E-state index in [1.54, 1.807) is 4.57 Å². The highest BCUT2D eigenvalue weighted by atomic mass is 16.2. The summed E-state index contributed by atoms with van der Waals surface area (Å²) in [6.07, 6.45) is 1.52. The molecule has 0 amide bonds. The highest BCUT2D eigenvalue weighted by molar-refractivity contribution is 5.71. The molecule has 2 aromatic heterocycles. The van der Waals surface area contributed by atoms with Gasteiger partial charge in [0.15, 0.2) is 11.2 Å². The van der Waals surface area contributed by atoms with Crippen molar-refractivity contribution in [2.45, 2.75) is 53.2 Å². The van der Waals surface area contributed by atoms with Gasteiger partial charge in [0, 0.05) is 19.6 Å². The van der Waals surface area contributed by atoms with Gasteiger partial charge in [0.1, 0.15) is 5.82 Å². The lowest BCUT2D eigenvalue weighted by Gasteiger charge is -2.10. The summed E-state index contributed by atoms with van der Waals surface area (Å²) in [5.41, 5.74) is 5.95. The van der Waals surface area contributed by atoms with Crippen molar-refractivity contribution >= 4 is 11.2 Å². The highest BCUT2D eigenvalue weighted by Gasteiger charge is 2.18. The van der Waals surface area contributed by atoms with Crippen molar-refractivity contribution in [1.29, 1.82) is 0 Å². The van der Waals surface area contributed by atoms with E-state index in [1.807, 2.05) is 25.3 Å². The van der Waals surface area contributed by atoms with E-state index in [0.717, 1.165) is 18.7 Å². The fourth-order valence-electron chi connectivity index (χ4n) is 2.68. The molecule has 7 nitrogen and oxygen atoms in total. The number of aromatic nitrogens is 4. The zero-order chi connectivity index (χ0) is 15.6. The summed E-state index contributed by atoms with van der Waals surface area (Å²) in [4.78, 5) is 29.6. The van der Waals surface area contributed by atoms with Crippen molar-refractivity contribution < 1.29 is 0 Å². The summed E-state index contributed by atoms with van der Waals surface area (Å²) in [5.74, 6) is 0.755. The lowest BCUT2D eigenvalue weighted by Crippen LogP contribution is -2.40. The molecule has 0 aliphatic rings. The molecular formula is C14H23N5O2. The van der Waals surface area contributed by atoms with E-state index in [9.17, 15) is 9.59 Å². The summed E-state index contributed by atoms with van der Waals surface area (Å²) in [6, 6.07) is 0. The number of rotatable bonds is 6. The standard InChI is InChI=1S/C14H23N5O2/c1-4-17-10(3)16-12-11(17)13(20)19(9-7-6-8-15)14(21)18(12)5-2/h4-9,15H2,1-3H3. The molecule has 2 rings (SSSR count). The van der Waals surface area contributed by atoms with Crippen molar-refractivity contribution in [2.24, 2.45) is 5.73 Å². The largest absolute Gasteiger partial charge is 0.332 e. The first-order chi connectivity index (χ1) is 10.1. The third-order valence-electron chi connectivity index (χ3n) is 3.77. The molecule has 116 valence electrons. The van der Waals surface area contributed by atoms with Crippen LogP contribution in [0.2, 0.25) is 0 Å². The quantitative estimate of drug-likeness (QED) is 0.783. The van der Waals surface area contributed by atoms with Gasteiger partial charge in [-0.1, -0.05) is 0 Å². The first kappa shape index (κ1) is 15.5. The second kappa shape index (κ2) is 6.26. The Bertz CT molecular complexity index is 753. The normalized spacial score (nSPS) is 11.4. The second-order valence-electron chi connectivity index (χ2n) is 5.05. The SMILES string of the molecule is CCn1c(C)nc2c1c(=O)n(CCCCN)c(=O)n2CC. The van der Waals surface area contributed by atoms with E-state index in [1.165, 1.54) is 4.57 Å². The molecule has 0 saturated heterocycles. The van der Waals surface area contributed by atoms with Gasteiger partial charge in [-0.05, 0) is 40.2 Å². The fourth-order valence-corrected chi connectivity index (χ4v) is 2.68. The number of hydrogen-bond donors (Lipinski definition) is 1. The van der Waals surface area contributed by atoms with Gasteiger partial charge >= 0.3 is 5.69 Å². The molecule has 0 atom stereocenters. The van der Waals surface area contributed by atoms with Gasteiger partial charge in [-0.25, -0.2) is 9.78 Å². The first-order valence-electron chi connectivity index (χ1n) is 7.47. The van der Waals surface area contributed by atoms with Gasteiger partial charge in [0.25, 0.3) is 5.56 Å². The lowest BCUT2D eigenvalue weighted by atomic mass is 10.3. The van der Waals surface area contributed by atoms with Crippen LogP contribution in [0.15, 0.2) is 9.59 Å². The predicted molar refractivity (Wildman–Crippen MR) is 82.6 cm³/mol. The van der Waals surface area contributed by atoms with Crippen LogP contribution in [-0.2, 0) is 19.6 Å². The molecule has 21 heavy (non-hydrogen) atoms. The van der Waals surface area contributed by atoms with E-state index >= 15 is 0 Å². The Hall–Kier alpha value is -1.89. The van der Waals surface area contributed by atoms with Crippen LogP contribution in [0.1, 0.15) is 32.5 Å². The monoisotopic (exact) mass is 293 g/mol. The molecular weight excluding hydrogens is 270 g/mol.